The van der Waals surface area contributed by atoms with Crippen LogP contribution in [-0.4, -0.2) is 41.0 Å². The van der Waals surface area contributed by atoms with Gasteiger partial charge in [0.2, 0.25) is 0 Å². The largest absolute Gasteiger partial charge is 0.469 e. The van der Waals surface area contributed by atoms with Crippen molar-refractivity contribution in [2.75, 3.05) is 13.2 Å². The zero-order valence-corrected chi connectivity index (χ0v) is 41.8. The summed E-state index contributed by atoms with van der Waals surface area (Å²) in [6.45, 7) is 8.51. The highest BCUT2D eigenvalue weighted by Gasteiger charge is 2.23. The van der Waals surface area contributed by atoms with Crippen LogP contribution in [0.15, 0.2) is 0 Å². The highest BCUT2D eigenvalue weighted by molar-refractivity contribution is 7.46. The van der Waals surface area contributed by atoms with Crippen molar-refractivity contribution in [1.29, 1.82) is 0 Å². The summed E-state index contributed by atoms with van der Waals surface area (Å²) in [6, 6.07) is 0. The zero-order chi connectivity index (χ0) is 44.9. The molecule has 0 aliphatic carbocycles. The van der Waals surface area contributed by atoms with Crippen LogP contribution in [0.25, 0.3) is 0 Å². The number of ether oxygens (including phenoxy) is 2. The number of carbonyl (C=O) groups excluding carboxylic acids is 2. The predicted octanol–water partition coefficient (Wildman–Crippen LogP) is 16.9. The van der Waals surface area contributed by atoms with Crippen LogP contribution >= 0.6 is 7.82 Å². The zero-order valence-electron chi connectivity index (χ0n) is 40.9. The van der Waals surface area contributed by atoms with E-state index in [0.29, 0.717) is 6.42 Å². The summed E-state index contributed by atoms with van der Waals surface area (Å²) in [4.78, 5) is 43.1. The van der Waals surface area contributed by atoms with Gasteiger partial charge in [-0.15, -0.1) is 0 Å². The fourth-order valence-corrected chi connectivity index (χ4v) is 8.60. The lowest BCUT2D eigenvalue weighted by atomic mass is 9.99. The average molecular weight is 887 g/mol. The van der Waals surface area contributed by atoms with Gasteiger partial charge in [-0.25, -0.2) is 4.57 Å². The maximum atomic E-state index is 12.5. The Hall–Kier alpha value is -0.950. The number of carbonyl (C=O) groups is 2. The Morgan fingerprint density at radius 2 is 0.721 bits per heavy atom. The van der Waals surface area contributed by atoms with Gasteiger partial charge in [-0.2, -0.15) is 0 Å². The van der Waals surface area contributed by atoms with Crippen molar-refractivity contribution in [3.8, 4) is 0 Å². The van der Waals surface area contributed by atoms with Gasteiger partial charge in [0.15, 0.2) is 6.10 Å². The lowest BCUT2D eigenvalue weighted by Crippen LogP contribution is -2.29. The molecule has 0 amide bonds. The molecule has 0 aliphatic heterocycles. The molecular formula is C52H103O8P. The SMILES string of the molecule is CCC(C)CCCCCCCCCCCCCCCCCCCCC(=O)OC[C@H](COP(=O)(O)O)OC(=O)CCCCCCCCCCCCCCCCCCCCC(C)C. The molecule has 61 heavy (non-hydrogen) atoms. The van der Waals surface area contributed by atoms with Gasteiger partial charge < -0.3 is 19.3 Å². The Balaban J connectivity index is 3.75. The van der Waals surface area contributed by atoms with Crippen molar-refractivity contribution >= 4 is 19.8 Å². The summed E-state index contributed by atoms with van der Waals surface area (Å²) >= 11 is 0. The number of phosphoric acid groups is 1. The molecule has 0 aliphatic rings. The molecular weight excluding hydrogens is 784 g/mol. The molecule has 1 unspecified atom stereocenters. The first kappa shape index (κ1) is 60.1. The maximum absolute atomic E-state index is 12.5. The molecule has 0 fully saturated rings. The van der Waals surface area contributed by atoms with Gasteiger partial charge in [-0.3, -0.25) is 14.1 Å². The molecule has 0 radical (unpaired) electrons. The maximum Gasteiger partial charge on any atom is 0.469 e. The van der Waals surface area contributed by atoms with E-state index >= 15 is 0 Å². The first-order valence-corrected chi connectivity index (χ1v) is 28.1. The molecule has 0 aromatic rings. The fraction of sp³-hybridized carbons (Fsp3) is 0.962. The van der Waals surface area contributed by atoms with Crippen LogP contribution in [0.3, 0.4) is 0 Å². The second kappa shape index (κ2) is 45.6. The molecule has 0 aromatic carbocycles. The molecule has 2 N–H and O–H groups in total. The van der Waals surface area contributed by atoms with Crippen molar-refractivity contribution in [1.82, 2.24) is 0 Å². The molecule has 0 aromatic heterocycles. The van der Waals surface area contributed by atoms with Crippen LogP contribution in [0.4, 0.5) is 0 Å². The average Bonchev–Trinajstić information content (AvgIpc) is 3.22. The van der Waals surface area contributed by atoms with E-state index in [2.05, 4.69) is 32.2 Å². The van der Waals surface area contributed by atoms with Crippen molar-refractivity contribution in [3.05, 3.63) is 0 Å². The van der Waals surface area contributed by atoms with E-state index in [9.17, 15) is 14.2 Å². The van der Waals surface area contributed by atoms with E-state index in [4.69, 9.17) is 19.3 Å². The quantitative estimate of drug-likeness (QED) is 0.0352. The van der Waals surface area contributed by atoms with Gasteiger partial charge in [0, 0.05) is 12.8 Å². The second-order valence-corrected chi connectivity index (χ2v) is 20.5. The van der Waals surface area contributed by atoms with Crippen LogP contribution in [-0.2, 0) is 28.2 Å². The molecule has 0 rings (SSSR count). The van der Waals surface area contributed by atoms with Gasteiger partial charge in [0.1, 0.15) is 6.61 Å². The van der Waals surface area contributed by atoms with Gasteiger partial charge >= 0.3 is 19.8 Å². The molecule has 0 saturated carbocycles. The fourth-order valence-electron chi connectivity index (χ4n) is 8.24. The Morgan fingerprint density at radius 1 is 0.426 bits per heavy atom. The number of esters is 2. The van der Waals surface area contributed by atoms with Crippen molar-refractivity contribution in [2.24, 2.45) is 11.8 Å². The topological polar surface area (TPSA) is 119 Å². The number of rotatable bonds is 49. The number of phosphoric ester groups is 1. The summed E-state index contributed by atoms with van der Waals surface area (Å²) in [7, 11) is -4.75. The third-order valence-electron chi connectivity index (χ3n) is 12.6. The molecule has 9 heteroatoms. The van der Waals surface area contributed by atoms with Crippen LogP contribution < -0.4 is 0 Å². The van der Waals surface area contributed by atoms with E-state index in [1.54, 1.807) is 0 Å². The van der Waals surface area contributed by atoms with Gasteiger partial charge in [0.05, 0.1) is 6.61 Å². The van der Waals surface area contributed by atoms with E-state index in [1.165, 1.54) is 212 Å². The number of unbranched alkanes of at least 4 members (excludes halogenated alkanes) is 34. The second-order valence-electron chi connectivity index (χ2n) is 19.3. The highest BCUT2D eigenvalue weighted by atomic mass is 31.2. The molecule has 0 saturated heterocycles. The van der Waals surface area contributed by atoms with E-state index in [-0.39, 0.29) is 19.4 Å². The number of hydrogen-bond donors (Lipinski definition) is 2. The third kappa shape index (κ3) is 49.9. The predicted molar refractivity (Wildman–Crippen MR) is 258 cm³/mol. The van der Waals surface area contributed by atoms with E-state index in [0.717, 1.165) is 43.9 Å². The summed E-state index contributed by atoms with van der Waals surface area (Å²) in [5.74, 6) is 0.889. The first-order chi connectivity index (χ1) is 29.5. The molecule has 8 nitrogen and oxygen atoms in total. The standard InChI is InChI=1S/C52H103O8P/c1-5-49(4)43-39-35-31-27-23-19-15-11-7-9-12-16-20-24-28-32-36-40-44-51(53)58-46-50(47-59-61(55,56)57)60-52(54)45-41-37-33-29-25-21-17-13-8-6-10-14-18-22-26-30-34-38-42-48(2)3/h48-50H,5-47H2,1-4H3,(H2,55,56,57)/t49?,50-/m1/s1. The normalized spacial score (nSPS) is 12.9. The molecule has 0 spiro atoms. The van der Waals surface area contributed by atoms with Crippen LogP contribution in [0.1, 0.15) is 291 Å². The van der Waals surface area contributed by atoms with Crippen molar-refractivity contribution in [2.45, 2.75) is 297 Å². The Labute approximate surface area is 378 Å². The minimum Gasteiger partial charge on any atom is -0.462 e. The summed E-state index contributed by atoms with van der Waals surface area (Å²) in [5, 5.41) is 0. The third-order valence-corrected chi connectivity index (χ3v) is 13.1. The Bertz CT molecular complexity index is 984. The van der Waals surface area contributed by atoms with Crippen molar-refractivity contribution < 1.29 is 37.9 Å². The Morgan fingerprint density at radius 3 is 1.03 bits per heavy atom. The minimum atomic E-state index is -4.75. The monoisotopic (exact) mass is 887 g/mol. The first-order valence-electron chi connectivity index (χ1n) is 26.6. The summed E-state index contributed by atoms with van der Waals surface area (Å²) in [6.07, 6.45) is 49.8. The molecule has 0 bridgehead atoms. The van der Waals surface area contributed by atoms with Crippen LogP contribution in [0, 0.1) is 11.8 Å². The molecule has 0 heterocycles. The van der Waals surface area contributed by atoms with Crippen molar-refractivity contribution in [3.63, 3.8) is 0 Å². The summed E-state index contributed by atoms with van der Waals surface area (Å²) in [5.41, 5.74) is 0. The highest BCUT2D eigenvalue weighted by Crippen LogP contribution is 2.36. The minimum absolute atomic E-state index is 0.220. The van der Waals surface area contributed by atoms with Gasteiger partial charge in [-0.1, -0.05) is 265 Å². The molecule has 2 atom stereocenters. The van der Waals surface area contributed by atoms with Gasteiger partial charge in [-0.05, 0) is 24.7 Å². The smallest absolute Gasteiger partial charge is 0.462 e. The van der Waals surface area contributed by atoms with Crippen LogP contribution in [0.2, 0.25) is 0 Å². The lowest BCUT2D eigenvalue weighted by molar-refractivity contribution is -0.161. The van der Waals surface area contributed by atoms with E-state index < -0.39 is 32.5 Å². The Kier molecular flexibility index (Phi) is 44.9. The molecule has 364 valence electrons. The lowest BCUT2D eigenvalue weighted by Gasteiger charge is -2.18. The summed E-state index contributed by atoms with van der Waals surface area (Å²) < 4.78 is 26.6. The van der Waals surface area contributed by atoms with Gasteiger partial charge in [0.25, 0.3) is 0 Å². The van der Waals surface area contributed by atoms with E-state index in [1.807, 2.05) is 0 Å². The number of hydrogen-bond acceptors (Lipinski definition) is 6. The van der Waals surface area contributed by atoms with Crippen LogP contribution in [0.5, 0.6) is 0 Å².